The van der Waals surface area contributed by atoms with Gasteiger partial charge < -0.3 is 19.9 Å². The quantitative estimate of drug-likeness (QED) is 0.809. The van der Waals surface area contributed by atoms with Crippen molar-refractivity contribution in [2.24, 2.45) is 0 Å². The van der Waals surface area contributed by atoms with E-state index in [2.05, 4.69) is 5.32 Å². The minimum atomic E-state index is -0.747. The Morgan fingerprint density at radius 3 is 2.58 bits per heavy atom. The van der Waals surface area contributed by atoms with Crippen LogP contribution in [0.1, 0.15) is 25.8 Å². The summed E-state index contributed by atoms with van der Waals surface area (Å²) in [5, 5.41) is 13.4. The maximum atomic E-state index is 9.69. The standard InChI is InChI=1S/C14H22ClNO3/c1-14(2,17)5-6-19-13-10(9-16-3)7-11(15)8-12(13)18-4/h7-8,16-17H,5-6,9H2,1-4H3. The molecule has 1 rings (SSSR count). The normalized spacial score (nSPS) is 11.5. The highest BCUT2D eigenvalue weighted by molar-refractivity contribution is 6.30. The van der Waals surface area contributed by atoms with Crippen LogP contribution in [0.3, 0.4) is 0 Å². The van der Waals surface area contributed by atoms with Gasteiger partial charge in [0.05, 0.1) is 19.3 Å². The van der Waals surface area contributed by atoms with Gasteiger partial charge in [0.25, 0.3) is 0 Å². The third-order valence-electron chi connectivity index (χ3n) is 2.64. The van der Waals surface area contributed by atoms with Crippen LogP contribution in [0.4, 0.5) is 0 Å². The summed E-state index contributed by atoms with van der Waals surface area (Å²) in [5.41, 5.74) is 0.186. The molecule has 19 heavy (non-hydrogen) atoms. The van der Waals surface area contributed by atoms with Crippen molar-refractivity contribution in [2.45, 2.75) is 32.4 Å². The first-order valence-corrected chi connectivity index (χ1v) is 6.61. The van der Waals surface area contributed by atoms with Crippen LogP contribution >= 0.6 is 11.6 Å². The highest BCUT2D eigenvalue weighted by Gasteiger charge is 2.16. The molecule has 0 atom stereocenters. The minimum Gasteiger partial charge on any atom is -0.493 e. The third kappa shape index (κ3) is 5.27. The van der Waals surface area contributed by atoms with E-state index >= 15 is 0 Å². The molecular weight excluding hydrogens is 266 g/mol. The van der Waals surface area contributed by atoms with Gasteiger partial charge in [-0.15, -0.1) is 0 Å². The van der Waals surface area contributed by atoms with Gasteiger partial charge in [-0.25, -0.2) is 0 Å². The number of hydrogen-bond acceptors (Lipinski definition) is 4. The summed E-state index contributed by atoms with van der Waals surface area (Å²) in [7, 11) is 3.44. The molecule has 0 spiro atoms. The Balaban J connectivity index is 2.89. The summed E-state index contributed by atoms with van der Waals surface area (Å²) in [6.07, 6.45) is 0.539. The molecule has 0 fully saturated rings. The molecule has 0 aliphatic heterocycles. The summed E-state index contributed by atoms with van der Waals surface area (Å²) in [6, 6.07) is 3.57. The molecule has 0 unspecified atom stereocenters. The van der Waals surface area contributed by atoms with Crippen molar-refractivity contribution < 1.29 is 14.6 Å². The van der Waals surface area contributed by atoms with Gasteiger partial charge in [0, 0.05) is 29.6 Å². The fourth-order valence-corrected chi connectivity index (χ4v) is 1.89. The highest BCUT2D eigenvalue weighted by Crippen LogP contribution is 2.35. The number of benzene rings is 1. The van der Waals surface area contributed by atoms with E-state index in [9.17, 15) is 5.11 Å². The van der Waals surface area contributed by atoms with E-state index in [0.29, 0.717) is 36.1 Å². The monoisotopic (exact) mass is 287 g/mol. The first kappa shape index (κ1) is 16.1. The number of methoxy groups -OCH3 is 1. The number of hydrogen-bond donors (Lipinski definition) is 2. The molecule has 2 N–H and O–H groups in total. The van der Waals surface area contributed by atoms with Gasteiger partial charge in [0.2, 0.25) is 0 Å². The molecule has 1 aromatic rings. The molecule has 0 aliphatic rings. The maximum absolute atomic E-state index is 9.69. The molecule has 0 radical (unpaired) electrons. The van der Waals surface area contributed by atoms with Crippen LogP contribution < -0.4 is 14.8 Å². The molecule has 108 valence electrons. The maximum Gasteiger partial charge on any atom is 0.165 e. The Hall–Kier alpha value is -0.970. The van der Waals surface area contributed by atoms with Gasteiger partial charge in [0.1, 0.15) is 0 Å². The van der Waals surface area contributed by atoms with Gasteiger partial charge in [-0.05, 0) is 27.0 Å². The molecule has 0 saturated carbocycles. The Labute approximate surface area is 119 Å². The van der Waals surface area contributed by atoms with Gasteiger partial charge in [-0.1, -0.05) is 11.6 Å². The first-order chi connectivity index (χ1) is 8.87. The lowest BCUT2D eigenvalue weighted by atomic mass is 10.1. The molecule has 1 aromatic carbocycles. The minimum absolute atomic E-state index is 0.415. The van der Waals surface area contributed by atoms with Crippen molar-refractivity contribution in [3.63, 3.8) is 0 Å². The molecule has 5 heteroatoms. The van der Waals surface area contributed by atoms with E-state index in [0.717, 1.165) is 5.56 Å². The van der Waals surface area contributed by atoms with Crippen LogP contribution in [0.25, 0.3) is 0 Å². The van der Waals surface area contributed by atoms with Crippen molar-refractivity contribution in [1.29, 1.82) is 0 Å². The number of rotatable bonds is 7. The Kier molecular flexibility index (Phi) is 5.91. The second kappa shape index (κ2) is 6.98. The predicted octanol–water partition coefficient (Wildman–Crippen LogP) is 2.61. The average molecular weight is 288 g/mol. The summed E-state index contributed by atoms with van der Waals surface area (Å²) in [6.45, 7) is 4.56. The van der Waals surface area contributed by atoms with Crippen molar-refractivity contribution in [1.82, 2.24) is 5.32 Å². The predicted molar refractivity (Wildman–Crippen MR) is 77.2 cm³/mol. The molecule has 0 bridgehead atoms. The molecule has 0 amide bonds. The summed E-state index contributed by atoms with van der Waals surface area (Å²) < 4.78 is 11.1. The zero-order valence-corrected chi connectivity index (χ0v) is 12.7. The zero-order chi connectivity index (χ0) is 14.5. The van der Waals surface area contributed by atoms with Crippen molar-refractivity contribution >= 4 is 11.6 Å². The summed E-state index contributed by atoms with van der Waals surface area (Å²) >= 11 is 6.04. The van der Waals surface area contributed by atoms with Crippen LogP contribution in [-0.4, -0.2) is 31.5 Å². The van der Waals surface area contributed by atoms with Crippen LogP contribution in [0.15, 0.2) is 12.1 Å². The van der Waals surface area contributed by atoms with E-state index in [1.54, 1.807) is 27.0 Å². The summed E-state index contributed by atoms with van der Waals surface area (Å²) in [5.74, 6) is 1.28. The van der Waals surface area contributed by atoms with Gasteiger partial charge in [-0.3, -0.25) is 0 Å². The van der Waals surface area contributed by atoms with E-state index < -0.39 is 5.60 Å². The van der Waals surface area contributed by atoms with Crippen molar-refractivity contribution in [3.8, 4) is 11.5 Å². The molecule has 0 aromatic heterocycles. The largest absolute Gasteiger partial charge is 0.493 e. The fourth-order valence-electron chi connectivity index (χ4n) is 1.66. The smallest absolute Gasteiger partial charge is 0.165 e. The number of ether oxygens (including phenoxy) is 2. The lowest BCUT2D eigenvalue weighted by Gasteiger charge is -2.20. The van der Waals surface area contributed by atoms with Gasteiger partial charge in [-0.2, -0.15) is 0 Å². The Morgan fingerprint density at radius 2 is 2.05 bits per heavy atom. The van der Waals surface area contributed by atoms with Crippen molar-refractivity contribution in [2.75, 3.05) is 20.8 Å². The van der Waals surface area contributed by atoms with Crippen LogP contribution in [0, 0.1) is 0 Å². The summed E-state index contributed by atoms with van der Waals surface area (Å²) in [4.78, 5) is 0. The van der Waals surface area contributed by atoms with Crippen LogP contribution in [0.2, 0.25) is 5.02 Å². The number of nitrogens with one attached hydrogen (secondary N) is 1. The second-order valence-electron chi connectivity index (χ2n) is 5.04. The molecular formula is C14H22ClNO3. The molecule has 0 heterocycles. The Bertz CT molecular complexity index is 416. The van der Waals surface area contributed by atoms with Gasteiger partial charge in [0.15, 0.2) is 11.5 Å². The zero-order valence-electron chi connectivity index (χ0n) is 11.9. The third-order valence-corrected chi connectivity index (χ3v) is 2.86. The molecule has 4 nitrogen and oxygen atoms in total. The van der Waals surface area contributed by atoms with E-state index in [1.807, 2.05) is 13.1 Å². The first-order valence-electron chi connectivity index (χ1n) is 6.23. The fraction of sp³-hybridized carbons (Fsp3) is 0.571. The molecule has 0 saturated heterocycles. The Morgan fingerprint density at radius 1 is 1.37 bits per heavy atom. The number of aliphatic hydroxyl groups is 1. The van der Waals surface area contributed by atoms with Crippen molar-refractivity contribution in [3.05, 3.63) is 22.7 Å². The van der Waals surface area contributed by atoms with E-state index in [1.165, 1.54) is 0 Å². The SMILES string of the molecule is CNCc1cc(Cl)cc(OC)c1OCCC(C)(C)O. The van der Waals surface area contributed by atoms with E-state index in [-0.39, 0.29) is 0 Å². The van der Waals surface area contributed by atoms with Crippen LogP contribution in [-0.2, 0) is 6.54 Å². The molecule has 0 aliphatic carbocycles. The number of halogens is 1. The topological polar surface area (TPSA) is 50.7 Å². The lowest BCUT2D eigenvalue weighted by molar-refractivity contribution is 0.0547. The lowest BCUT2D eigenvalue weighted by Crippen LogP contribution is -2.22. The van der Waals surface area contributed by atoms with E-state index in [4.69, 9.17) is 21.1 Å². The average Bonchev–Trinajstić information content (AvgIpc) is 2.30. The van der Waals surface area contributed by atoms with Gasteiger partial charge >= 0.3 is 0 Å². The highest BCUT2D eigenvalue weighted by atomic mass is 35.5. The van der Waals surface area contributed by atoms with Crippen LogP contribution in [0.5, 0.6) is 11.5 Å². The second-order valence-corrected chi connectivity index (χ2v) is 5.47.